The standard InChI is InChI=1S/C19H18F3NO2/c20-19(21,22)16-8-4-5-14(11-16)12-18(24)23-9-10-25-17(13-23)15-6-2-1-3-7-15/h1-8,11,17H,9-10,12-13H2. The maximum atomic E-state index is 12.8. The van der Waals surface area contributed by atoms with Crippen LogP contribution >= 0.6 is 0 Å². The van der Waals surface area contributed by atoms with Crippen molar-refractivity contribution in [1.82, 2.24) is 4.90 Å². The minimum absolute atomic E-state index is 0.0502. The van der Waals surface area contributed by atoms with Gasteiger partial charge >= 0.3 is 6.18 Å². The summed E-state index contributed by atoms with van der Waals surface area (Å²) >= 11 is 0. The van der Waals surface area contributed by atoms with Crippen molar-refractivity contribution in [2.45, 2.75) is 18.7 Å². The lowest BCUT2D eigenvalue weighted by Gasteiger charge is -2.33. The lowest BCUT2D eigenvalue weighted by molar-refractivity contribution is -0.139. The number of carbonyl (C=O) groups is 1. The van der Waals surface area contributed by atoms with Crippen molar-refractivity contribution in [3.63, 3.8) is 0 Å². The second-order valence-corrected chi connectivity index (χ2v) is 5.98. The predicted molar refractivity (Wildman–Crippen MR) is 86.9 cm³/mol. The largest absolute Gasteiger partial charge is 0.416 e. The second kappa shape index (κ2) is 7.27. The highest BCUT2D eigenvalue weighted by Gasteiger charge is 2.31. The van der Waals surface area contributed by atoms with Crippen LogP contribution in [0.3, 0.4) is 0 Å². The number of hydrogen-bond acceptors (Lipinski definition) is 2. The Balaban J connectivity index is 1.67. The van der Waals surface area contributed by atoms with Crippen molar-refractivity contribution in [2.75, 3.05) is 19.7 Å². The molecule has 3 nitrogen and oxygen atoms in total. The van der Waals surface area contributed by atoms with Gasteiger partial charge in [0.2, 0.25) is 5.91 Å². The van der Waals surface area contributed by atoms with E-state index in [1.165, 1.54) is 6.07 Å². The van der Waals surface area contributed by atoms with Gasteiger partial charge in [0.05, 0.1) is 25.1 Å². The van der Waals surface area contributed by atoms with Crippen LogP contribution in [0, 0.1) is 0 Å². The van der Waals surface area contributed by atoms with E-state index in [1.807, 2.05) is 30.3 Å². The van der Waals surface area contributed by atoms with Crippen molar-refractivity contribution < 1.29 is 22.7 Å². The van der Waals surface area contributed by atoms with Crippen molar-refractivity contribution in [1.29, 1.82) is 0 Å². The number of carbonyl (C=O) groups excluding carboxylic acids is 1. The molecule has 2 aromatic carbocycles. The van der Waals surface area contributed by atoms with Crippen molar-refractivity contribution >= 4 is 5.91 Å². The molecule has 1 saturated heterocycles. The molecule has 6 heteroatoms. The Hall–Kier alpha value is -2.34. The summed E-state index contributed by atoms with van der Waals surface area (Å²) in [5.41, 5.74) is 0.614. The molecule has 1 aliphatic heterocycles. The molecule has 0 aromatic heterocycles. The number of benzene rings is 2. The first-order valence-electron chi connectivity index (χ1n) is 8.04. The molecule has 1 fully saturated rings. The summed E-state index contributed by atoms with van der Waals surface area (Å²) in [4.78, 5) is 14.1. The smallest absolute Gasteiger partial charge is 0.370 e. The summed E-state index contributed by atoms with van der Waals surface area (Å²) in [6.07, 6.45) is -4.66. The van der Waals surface area contributed by atoms with E-state index in [0.717, 1.165) is 17.7 Å². The maximum absolute atomic E-state index is 12.8. The number of nitrogens with zero attached hydrogens (tertiary/aromatic N) is 1. The van der Waals surface area contributed by atoms with Crippen molar-refractivity contribution in [3.05, 3.63) is 71.3 Å². The van der Waals surface area contributed by atoms with Crippen LogP contribution in [0.5, 0.6) is 0 Å². The zero-order valence-corrected chi connectivity index (χ0v) is 13.5. The Kier molecular flexibility index (Phi) is 5.08. The number of morpholine rings is 1. The topological polar surface area (TPSA) is 29.5 Å². The average molecular weight is 349 g/mol. The summed E-state index contributed by atoms with van der Waals surface area (Å²) in [5.74, 6) is -0.191. The molecule has 1 heterocycles. The molecule has 1 atom stereocenters. The molecule has 132 valence electrons. The summed E-state index contributed by atoms with van der Waals surface area (Å²) in [7, 11) is 0. The van der Waals surface area contributed by atoms with Crippen LogP contribution in [0.1, 0.15) is 22.8 Å². The highest BCUT2D eigenvalue weighted by atomic mass is 19.4. The molecule has 0 radical (unpaired) electrons. The normalized spacial score (nSPS) is 18.2. The van der Waals surface area contributed by atoms with Gasteiger partial charge in [0, 0.05) is 6.54 Å². The molecule has 1 aliphatic rings. The van der Waals surface area contributed by atoms with Crippen LogP contribution < -0.4 is 0 Å². The molecule has 0 aliphatic carbocycles. The van der Waals surface area contributed by atoms with Crippen molar-refractivity contribution in [2.24, 2.45) is 0 Å². The monoisotopic (exact) mass is 349 g/mol. The predicted octanol–water partition coefficient (Wildman–Crippen LogP) is 3.85. The molecule has 0 bridgehead atoms. The molecule has 3 rings (SSSR count). The van der Waals surface area contributed by atoms with Crippen molar-refractivity contribution in [3.8, 4) is 0 Å². The summed E-state index contributed by atoms with van der Waals surface area (Å²) in [6.45, 7) is 1.26. The van der Waals surface area contributed by atoms with Gasteiger partial charge in [-0.3, -0.25) is 4.79 Å². The number of hydrogen-bond donors (Lipinski definition) is 0. The SMILES string of the molecule is O=C(Cc1cccc(C(F)(F)F)c1)N1CCOC(c2ccccc2)C1. The van der Waals surface area contributed by atoms with E-state index in [-0.39, 0.29) is 18.4 Å². The molecular formula is C19H18F3NO2. The van der Waals surface area contributed by atoms with Crippen LogP contribution in [-0.4, -0.2) is 30.5 Å². The first kappa shape index (κ1) is 17.5. The average Bonchev–Trinajstić information content (AvgIpc) is 2.62. The molecular weight excluding hydrogens is 331 g/mol. The van der Waals surface area contributed by atoms with E-state index >= 15 is 0 Å². The Morgan fingerprint density at radius 2 is 1.88 bits per heavy atom. The van der Waals surface area contributed by atoms with Gasteiger partial charge in [-0.2, -0.15) is 13.2 Å². The Labute approximate surface area is 144 Å². The quantitative estimate of drug-likeness (QED) is 0.842. The molecule has 0 N–H and O–H groups in total. The summed E-state index contributed by atoms with van der Waals surface area (Å²) in [5, 5.41) is 0. The van der Waals surface area contributed by atoms with E-state index < -0.39 is 11.7 Å². The van der Waals surface area contributed by atoms with Gasteiger partial charge < -0.3 is 9.64 Å². The van der Waals surface area contributed by atoms with Gasteiger partial charge in [-0.05, 0) is 17.2 Å². The second-order valence-electron chi connectivity index (χ2n) is 5.98. The lowest BCUT2D eigenvalue weighted by Crippen LogP contribution is -2.43. The highest BCUT2D eigenvalue weighted by Crippen LogP contribution is 2.30. The first-order valence-corrected chi connectivity index (χ1v) is 8.04. The number of ether oxygens (including phenoxy) is 1. The number of halogens is 3. The van der Waals surface area contributed by atoms with Crippen LogP contribution in [-0.2, 0) is 22.1 Å². The fourth-order valence-corrected chi connectivity index (χ4v) is 2.89. The van der Waals surface area contributed by atoms with Gasteiger partial charge in [-0.25, -0.2) is 0 Å². The molecule has 1 unspecified atom stereocenters. The third-order valence-corrected chi connectivity index (χ3v) is 4.20. The highest BCUT2D eigenvalue weighted by molar-refractivity contribution is 5.79. The van der Waals surface area contributed by atoms with E-state index in [2.05, 4.69) is 0 Å². The molecule has 25 heavy (non-hydrogen) atoms. The fourth-order valence-electron chi connectivity index (χ4n) is 2.89. The van der Waals surface area contributed by atoms with Crippen LogP contribution in [0.2, 0.25) is 0 Å². The van der Waals surface area contributed by atoms with Gasteiger partial charge in [0.25, 0.3) is 0 Å². The number of alkyl halides is 3. The van der Waals surface area contributed by atoms with E-state index in [4.69, 9.17) is 4.74 Å². The zero-order valence-electron chi connectivity index (χ0n) is 13.5. The van der Waals surface area contributed by atoms with Gasteiger partial charge in [0.15, 0.2) is 0 Å². The Morgan fingerprint density at radius 3 is 2.60 bits per heavy atom. The summed E-state index contributed by atoms with van der Waals surface area (Å²) < 4.78 is 44.1. The van der Waals surface area contributed by atoms with E-state index in [1.54, 1.807) is 11.0 Å². The zero-order chi connectivity index (χ0) is 17.9. The molecule has 0 spiro atoms. The molecule has 2 aromatic rings. The molecule has 1 amide bonds. The van der Waals surface area contributed by atoms with Gasteiger partial charge in [0.1, 0.15) is 6.10 Å². The van der Waals surface area contributed by atoms with Crippen LogP contribution in [0.25, 0.3) is 0 Å². The van der Waals surface area contributed by atoms with E-state index in [0.29, 0.717) is 25.3 Å². The molecule has 0 saturated carbocycles. The third kappa shape index (κ3) is 4.39. The van der Waals surface area contributed by atoms with Crippen LogP contribution in [0.15, 0.2) is 54.6 Å². The number of amides is 1. The summed E-state index contributed by atoms with van der Waals surface area (Å²) in [6, 6.07) is 14.5. The third-order valence-electron chi connectivity index (χ3n) is 4.20. The number of rotatable bonds is 3. The fraction of sp³-hybridized carbons (Fsp3) is 0.316. The maximum Gasteiger partial charge on any atom is 0.416 e. The first-order chi connectivity index (χ1) is 11.9. The lowest BCUT2D eigenvalue weighted by atomic mass is 10.1. The van der Waals surface area contributed by atoms with Crippen LogP contribution in [0.4, 0.5) is 13.2 Å². The Bertz CT molecular complexity index is 731. The minimum atomic E-state index is -4.41. The van der Waals surface area contributed by atoms with Gasteiger partial charge in [-0.15, -0.1) is 0 Å². The van der Waals surface area contributed by atoms with E-state index in [9.17, 15) is 18.0 Å². The Morgan fingerprint density at radius 1 is 1.12 bits per heavy atom. The minimum Gasteiger partial charge on any atom is -0.370 e. The van der Waals surface area contributed by atoms with Gasteiger partial charge in [-0.1, -0.05) is 48.5 Å².